The number of rotatable bonds is 5. The molecule has 7 heteroatoms. The van der Waals surface area contributed by atoms with Gasteiger partial charge < -0.3 is 19.2 Å². The number of aromatic nitrogens is 4. The summed E-state index contributed by atoms with van der Waals surface area (Å²) in [6.45, 7) is 6.71. The Kier molecular flexibility index (Phi) is 4.94. The predicted molar refractivity (Wildman–Crippen MR) is 105 cm³/mol. The summed E-state index contributed by atoms with van der Waals surface area (Å²) >= 11 is 0. The normalized spacial score (nSPS) is 16.1. The number of hydrogen-bond acceptors (Lipinski definition) is 6. The summed E-state index contributed by atoms with van der Waals surface area (Å²) < 4.78 is 7.58. The minimum Gasteiger partial charge on any atom is -0.463 e. The van der Waals surface area contributed by atoms with Crippen LogP contribution in [0.25, 0.3) is 22.8 Å². The van der Waals surface area contributed by atoms with Crippen molar-refractivity contribution in [1.82, 2.24) is 24.4 Å². The minimum atomic E-state index is 0.392. The van der Waals surface area contributed by atoms with Crippen molar-refractivity contribution in [3.63, 3.8) is 0 Å². The fraction of sp³-hybridized carbons (Fsp3) is 0.450. The second kappa shape index (κ2) is 7.52. The Morgan fingerprint density at radius 1 is 1.22 bits per heavy atom. The van der Waals surface area contributed by atoms with Gasteiger partial charge in [-0.3, -0.25) is 0 Å². The van der Waals surface area contributed by atoms with Crippen LogP contribution in [0.1, 0.15) is 26.7 Å². The van der Waals surface area contributed by atoms with Crippen LogP contribution in [0.4, 0.5) is 5.95 Å². The van der Waals surface area contributed by atoms with Crippen LogP contribution >= 0.6 is 0 Å². The smallest absolute Gasteiger partial charge is 0.223 e. The lowest BCUT2D eigenvalue weighted by Gasteiger charge is -2.34. The Bertz CT molecular complexity index is 878. The van der Waals surface area contributed by atoms with Crippen molar-refractivity contribution in [2.75, 3.05) is 18.4 Å². The van der Waals surface area contributed by atoms with Gasteiger partial charge in [-0.15, -0.1) is 0 Å². The van der Waals surface area contributed by atoms with E-state index in [-0.39, 0.29) is 0 Å². The van der Waals surface area contributed by atoms with E-state index in [1.165, 1.54) is 0 Å². The Balaban J connectivity index is 1.59. The first-order valence-electron chi connectivity index (χ1n) is 9.51. The van der Waals surface area contributed by atoms with Gasteiger partial charge in [-0.05, 0) is 38.8 Å². The van der Waals surface area contributed by atoms with E-state index >= 15 is 0 Å². The van der Waals surface area contributed by atoms with Gasteiger partial charge in [-0.2, -0.15) is 0 Å². The zero-order chi connectivity index (χ0) is 18.8. The fourth-order valence-corrected chi connectivity index (χ4v) is 3.58. The van der Waals surface area contributed by atoms with E-state index in [0.717, 1.165) is 43.0 Å². The van der Waals surface area contributed by atoms with E-state index < -0.39 is 0 Å². The molecule has 0 aromatic carbocycles. The van der Waals surface area contributed by atoms with Crippen molar-refractivity contribution >= 4 is 5.95 Å². The first-order chi connectivity index (χ1) is 13.1. The molecular weight excluding hydrogens is 340 g/mol. The predicted octanol–water partition coefficient (Wildman–Crippen LogP) is 3.42. The van der Waals surface area contributed by atoms with Crippen LogP contribution in [-0.2, 0) is 7.05 Å². The maximum atomic E-state index is 5.62. The van der Waals surface area contributed by atoms with Crippen molar-refractivity contribution in [3.05, 3.63) is 37.0 Å². The Morgan fingerprint density at radius 2 is 2.04 bits per heavy atom. The van der Waals surface area contributed by atoms with Crippen LogP contribution in [-0.4, -0.2) is 49.6 Å². The molecule has 0 radical (unpaired) electrons. The molecule has 0 aliphatic carbocycles. The van der Waals surface area contributed by atoms with Gasteiger partial charge in [0.1, 0.15) is 11.5 Å². The summed E-state index contributed by atoms with van der Waals surface area (Å²) in [7, 11) is 1.96. The third-order valence-electron chi connectivity index (χ3n) is 5.20. The first kappa shape index (κ1) is 17.7. The summed E-state index contributed by atoms with van der Waals surface area (Å²) in [5, 5.41) is 3.51. The van der Waals surface area contributed by atoms with E-state index in [1.807, 2.05) is 36.1 Å². The second-order valence-electron chi connectivity index (χ2n) is 7.34. The zero-order valence-electron chi connectivity index (χ0n) is 16.1. The highest BCUT2D eigenvalue weighted by atomic mass is 16.3. The van der Waals surface area contributed by atoms with Crippen LogP contribution in [0.15, 0.2) is 41.4 Å². The van der Waals surface area contributed by atoms with Crippen molar-refractivity contribution in [2.24, 2.45) is 7.05 Å². The molecule has 1 aliphatic rings. The van der Waals surface area contributed by atoms with Gasteiger partial charge in [-0.25, -0.2) is 15.0 Å². The molecular formula is C20H26N6O. The van der Waals surface area contributed by atoms with Crippen molar-refractivity contribution in [3.8, 4) is 22.8 Å². The van der Waals surface area contributed by atoms with E-state index in [9.17, 15) is 0 Å². The maximum absolute atomic E-state index is 5.62. The molecule has 4 rings (SSSR count). The molecule has 0 saturated carbocycles. The van der Waals surface area contributed by atoms with Gasteiger partial charge in [0, 0.05) is 50.8 Å². The summed E-state index contributed by atoms with van der Waals surface area (Å²) in [5.74, 6) is 2.17. The third-order valence-corrected chi connectivity index (χ3v) is 5.20. The van der Waals surface area contributed by atoms with E-state index in [0.29, 0.717) is 23.8 Å². The number of imidazole rings is 1. The minimum absolute atomic E-state index is 0.392. The van der Waals surface area contributed by atoms with Crippen LogP contribution in [0.5, 0.6) is 0 Å². The van der Waals surface area contributed by atoms with Crippen LogP contribution in [0.2, 0.25) is 0 Å². The van der Waals surface area contributed by atoms with Gasteiger partial charge in [0.25, 0.3) is 0 Å². The topological polar surface area (TPSA) is 72.0 Å². The van der Waals surface area contributed by atoms with Crippen molar-refractivity contribution in [1.29, 1.82) is 0 Å². The summed E-state index contributed by atoms with van der Waals surface area (Å²) in [5.41, 5.74) is 1.61. The van der Waals surface area contributed by atoms with Crippen LogP contribution in [0.3, 0.4) is 0 Å². The molecule has 0 spiro atoms. The number of nitrogens with zero attached hydrogens (tertiary/aromatic N) is 5. The van der Waals surface area contributed by atoms with E-state index in [4.69, 9.17) is 9.40 Å². The molecule has 3 aromatic heterocycles. The number of aryl methyl sites for hydroxylation is 1. The lowest BCUT2D eigenvalue weighted by Crippen LogP contribution is -2.42. The summed E-state index contributed by atoms with van der Waals surface area (Å²) in [6, 6.07) is 4.78. The number of hydrogen-bond donors (Lipinski definition) is 1. The first-order valence-corrected chi connectivity index (χ1v) is 9.51. The SMILES string of the molecule is CC(C)N1CCC(Nc2ncc(-c3nccn3C)c(-c3ccco3)n2)CC1. The molecule has 4 heterocycles. The number of furan rings is 1. The number of anilines is 1. The molecule has 27 heavy (non-hydrogen) atoms. The molecule has 0 unspecified atom stereocenters. The Labute approximate surface area is 159 Å². The van der Waals surface area contributed by atoms with Crippen molar-refractivity contribution in [2.45, 2.75) is 38.8 Å². The summed E-state index contributed by atoms with van der Waals surface area (Å²) in [6.07, 6.45) is 9.37. The molecule has 1 aliphatic heterocycles. The van der Waals surface area contributed by atoms with Crippen LogP contribution in [0, 0.1) is 0 Å². The molecule has 142 valence electrons. The quantitative estimate of drug-likeness (QED) is 0.746. The molecule has 1 fully saturated rings. The second-order valence-corrected chi connectivity index (χ2v) is 7.34. The van der Waals surface area contributed by atoms with Gasteiger partial charge in [0.05, 0.1) is 11.8 Å². The molecule has 3 aromatic rings. The van der Waals surface area contributed by atoms with Gasteiger partial charge in [0.15, 0.2) is 5.76 Å². The Hall–Kier alpha value is -2.67. The highest BCUT2D eigenvalue weighted by molar-refractivity contribution is 5.75. The Morgan fingerprint density at radius 3 is 2.67 bits per heavy atom. The van der Waals surface area contributed by atoms with E-state index in [2.05, 4.69) is 34.0 Å². The molecule has 0 atom stereocenters. The van der Waals surface area contributed by atoms with Gasteiger partial charge in [0.2, 0.25) is 5.95 Å². The molecule has 0 amide bonds. The highest BCUT2D eigenvalue weighted by Crippen LogP contribution is 2.30. The van der Waals surface area contributed by atoms with E-state index in [1.54, 1.807) is 12.5 Å². The number of likely N-dealkylation sites (tertiary alicyclic amines) is 1. The van der Waals surface area contributed by atoms with Gasteiger partial charge in [-0.1, -0.05) is 0 Å². The monoisotopic (exact) mass is 366 g/mol. The third kappa shape index (κ3) is 3.73. The van der Waals surface area contributed by atoms with Crippen LogP contribution < -0.4 is 5.32 Å². The maximum Gasteiger partial charge on any atom is 0.223 e. The molecule has 7 nitrogen and oxygen atoms in total. The van der Waals surface area contributed by atoms with Crippen molar-refractivity contribution < 1.29 is 4.42 Å². The zero-order valence-corrected chi connectivity index (χ0v) is 16.1. The molecule has 0 bridgehead atoms. The average Bonchev–Trinajstić information content (AvgIpc) is 3.34. The molecule has 1 N–H and O–H groups in total. The number of nitrogens with one attached hydrogen (secondary N) is 1. The molecule has 1 saturated heterocycles. The lowest BCUT2D eigenvalue weighted by molar-refractivity contribution is 0.177. The largest absolute Gasteiger partial charge is 0.463 e. The number of piperidine rings is 1. The average molecular weight is 366 g/mol. The fourth-order valence-electron chi connectivity index (χ4n) is 3.58. The lowest BCUT2D eigenvalue weighted by atomic mass is 10.0. The highest BCUT2D eigenvalue weighted by Gasteiger charge is 2.22. The standard InChI is InChI=1S/C20H26N6O/c1-14(2)26-9-6-15(7-10-26)23-20-22-13-16(19-21-8-11-25(19)3)18(24-20)17-5-4-12-27-17/h4-5,8,11-15H,6-7,9-10H2,1-3H3,(H,22,23,24). The summed E-state index contributed by atoms with van der Waals surface area (Å²) in [4.78, 5) is 16.3. The van der Waals surface area contributed by atoms with Gasteiger partial charge >= 0.3 is 0 Å².